The van der Waals surface area contributed by atoms with Gasteiger partial charge in [-0.05, 0) is 26.7 Å². The van der Waals surface area contributed by atoms with Gasteiger partial charge in [0.2, 0.25) is 0 Å². The molecule has 1 aromatic heterocycles. The fourth-order valence-electron chi connectivity index (χ4n) is 1.86. The van der Waals surface area contributed by atoms with Crippen LogP contribution in [0.25, 0.3) is 0 Å². The molecule has 0 fully saturated rings. The molecule has 2 N–H and O–H groups in total. The Bertz CT molecular complexity index is 394. The standard InChI is InChI=1S/C14H27N5O.HI/c1-4-20-12-9-18-14(15-3)17-7-5-6-10-19-11-8-16-13(19)2;/h8,11H,4-7,9-10,12H2,1-3H3,(H2,15,17,18);1H. The lowest BCUT2D eigenvalue weighted by Gasteiger charge is -2.12. The zero-order valence-corrected chi connectivity index (χ0v) is 15.6. The molecule has 0 unspecified atom stereocenters. The predicted octanol–water partition coefficient (Wildman–Crippen LogP) is 1.79. The van der Waals surface area contributed by atoms with Crippen LogP contribution in [0.15, 0.2) is 17.4 Å². The van der Waals surface area contributed by atoms with Crippen LogP contribution in [0.3, 0.4) is 0 Å². The van der Waals surface area contributed by atoms with Crippen molar-refractivity contribution >= 4 is 29.9 Å². The van der Waals surface area contributed by atoms with Crippen molar-refractivity contribution in [2.75, 3.05) is 33.4 Å². The Morgan fingerprint density at radius 1 is 1.33 bits per heavy atom. The van der Waals surface area contributed by atoms with Crippen LogP contribution in [0.4, 0.5) is 0 Å². The highest BCUT2D eigenvalue weighted by Gasteiger charge is 1.98. The minimum absolute atomic E-state index is 0. The number of halogens is 1. The van der Waals surface area contributed by atoms with E-state index in [2.05, 4.69) is 25.2 Å². The molecule has 0 amide bonds. The van der Waals surface area contributed by atoms with Crippen LogP contribution in [0.1, 0.15) is 25.6 Å². The molecule has 0 spiro atoms. The van der Waals surface area contributed by atoms with Gasteiger partial charge in [0.1, 0.15) is 5.82 Å². The quantitative estimate of drug-likeness (QED) is 0.283. The van der Waals surface area contributed by atoms with E-state index < -0.39 is 0 Å². The Labute approximate surface area is 144 Å². The van der Waals surface area contributed by atoms with Gasteiger partial charge in [0.05, 0.1) is 6.61 Å². The number of unbranched alkanes of at least 4 members (excludes halogenated alkanes) is 1. The van der Waals surface area contributed by atoms with Gasteiger partial charge >= 0.3 is 0 Å². The smallest absolute Gasteiger partial charge is 0.191 e. The van der Waals surface area contributed by atoms with Crippen LogP contribution in [0.5, 0.6) is 0 Å². The molecule has 0 atom stereocenters. The highest BCUT2D eigenvalue weighted by molar-refractivity contribution is 14.0. The number of guanidine groups is 1. The van der Waals surface area contributed by atoms with Crippen molar-refractivity contribution < 1.29 is 4.74 Å². The Hall–Kier alpha value is -0.830. The second kappa shape index (κ2) is 12.9. The predicted molar refractivity (Wildman–Crippen MR) is 97.5 cm³/mol. The van der Waals surface area contributed by atoms with Crippen molar-refractivity contribution in [1.82, 2.24) is 20.2 Å². The zero-order chi connectivity index (χ0) is 14.6. The number of nitrogens with zero attached hydrogens (tertiary/aromatic N) is 3. The maximum Gasteiger partial charge on any atom is 0.191 e. The van der Waals surface area contributed by atoms with E-state index >= 15 is 0 Å². The van der Waals surface area contributed by atoms with E-state index in [9.17, 15) is 0 Å². The minimum Gasteiger partial charge on any atom is -0.380 e. The van der Waals surface area contributed by atoms with E-state index in [0.717, 1.165) is 50.9 Å². The van der Waals surface area contributed by atoms with Gasteiger partial charge in [-0.3, -0.25) is 4.99 Å². The van der Waals surface area contributed by atoms with E-state index in [4.69, 9.17) is 4.74 Å². The number of nitrogens with one attached hydrogen (secondary N) is 2. The number of aromatic nitrogens is 2. The molecule has 1 heterocycles. The van der Waals surface area contributed by atoms with Gasteiger partial charge in [-0.25, -0.2) is 4.98 Å². The molecule has 1 aromatic rings. The van der Waals surface area contributed by atoms with Crippen LogP contribution in [-0.4, -0.2) is 48.9 Å². The van der Waals surface area contributed by atoms with E-state index in [1.165, 1.54) is 0 Å². The summed E-state index contributed by atoms with van der Waals surface area (Å²) in [5.41, 5.74) is 0. The minimum atomic E-state index is 0. The number of hydrogen-bond donors (Lipinski definition) is 2. The van der Waals surface area contributed by atoms with Crippen molar-refractivity contribution in [3.8, 4) is 0 Å². The van der Waals surface area contributed by atoms with Crippen LogP contribution in [0.2, 0.25) is 0 Å². The first kappa shape index (κ1) is 20.2. The van der Waals surface area contributed by atoms with Crippen molar-refractivity contribution in [3.05, 3.63) is 18.2 Å². The topological polar surface area (TPSA) is 63.5 Å². The maximum absolute atomic E-state index is 5.27. The molecule has 6 nitrogen and oxygen atoms in total. The third kappa shape index (κ3) is 8.92. The first-order valence-electron chi connectivity index (χ1n) is 7.28. The van der Waals surface area contributed by atoms with Gasteiger partial charge in [0.25, 0.3) is 0 Å². The van der Waals surface area contributed by atoms with Crippen LogP contribution < -0.4 is 10.6 Å². The molecule has 122 valence electrons. The van der Waals surface area contributed by atoms with Crippen LogP contribution >= 0.6 is 24.0 Å². The number of hydrogen-bond acceptors (Lipinski definition) is 3. The molecule has 0 aromatic carbocycles. The molecule has 0 bridgehead atoms. The molecule has 0 saturated heterocycles. The fraction of sp³-hybridized carbons (Fsp3) is 0.714. The van der Waals surface area contributed by atoms with Gasteiger partial charge in [0.15, 0.2) is 5.96 Å². The average Bonchev–Trinajstić information content (AvgIpc) is 2.86. The number of imidazole rings is 1. The number of rotatable bonds is 9. The fourth-order valence-corrected chi connectivity index (χ4v) is 1.86. The number of aryl methyl sites for hydroxylation is 2. The number of ether oxygens (including phenoxy) is 1. The summed E-state index contributed by atoms with van der Waals surface area (Å²) in [4.78, 5) is 8.38. The highest BCUT2D eigenvalue weighted by Crippen LogP contribution is 1.99. The second-order valence-corrected chi connectivity index (χ2v) is 4.50. The SMILES string of the molecule is CCOCCNC(=NC)NCCCCn1ccnc1C.I. The normalized spacial score (nSPS) is 11.1. The molecule has 1 rings (SSSR count). The van der Waals surface area contributed by atoms with Crippen molar-refractivity contribution in [1.29, 1.82) is 0 Å². The summed E-state index contributed by atoms with van der Waals surface area (Å²) in [6, 6.07) is 0. The molecule has 0 aliphatic rings. The molecular formula is C14H28IN5O. The monoisotopic (exact) mass is 409 g/mol. The van der Waals surface area contributed by atoms with Gasteiger partial charge in [-0.1, -0.05) is 0 Å². The molecule has 21 heavy (non-hydrogen) atoms. The highest BCUT2D eigenvalue weighted by atomic mass is 127. The Morgan fingerprint density at radius 3 is 2.71 bits per heavy atom. The maximum atomic E-state index is 5.27. The lowest BCUT2D eigenvalue weighted by atomic mass is 10.3. The summed E-state index contributed by atoms with van der Waals surface area (Å²) in [6.45, 7) is 8.20. The number of aliphatic imine (C=N–C) groups is 1. The average molecular weight is 409 g/mol. The molecular weight excluding hydrogens is 381 g/mol. The molecule has 0 radical (unpaired) electrons. The lowest BCUT2D eigenvalue weighted by molar-refractivity contribution is 0.152. The van der Waals surface area contributed by atoms with E-state index in [0.29, 0.717) is 6.61 Å². The van der Waals surface area contributed by atoms with E-state index in [1.807, 2.05) is 26.2 Å². The van der Waals surface area contributed by atoms with Gasteiger partial charge in [-0.15, -0.1) is 24.0 Å². The summed E-state index contributed by atoms with van der Waals surface area (Å²) in [5, 5.41) is 6.52. The van der Waals surface area contributed by atoms with Crippen molar-refractivity contribution in [2.45, 2.75) is 33.2 Å². The van der Waals surface area contributed by atoms with Crippen LogP contribution in [0, 0.1) is 6.92 Å². The van der Waals surface area contributed by atoms with Gasteiger partial charge < -0.3 is 19.9 Å². The van der Waals surface area contributed by atoms with E-state index in [-0.39, 0.29) is 24.0 Å². The molecule has 0 aliphatic carbocycles. The second-order valence-electron chi connectivity index (χ2n) is 4.50. The zero-order valence-electron chi connectivity index (χ0n) is 13.3. The third-order valence-electron chi connectivity index (χ3n) is 3.01. The largest absolute Gasteiger partial charge is 0.380 e. The first-order valence-corrected chi connectivity index (χ1v) is 7.28. The summed E-state index contributed by atoms with van der Waals surface area (Å²) in [7, 11) is 1.78. The molecule has 0 aliphatic heterocycles. The summed E-state index contributed by atoms with van der Waals surface area (Å²) < 4.78 is 7.45. The summed E-state index contributed by atoms with van der Waals surface area (Å²) >= 11 is 0. The molecule has 7 heteroatoms. The lowest BCUT2D eigenvalue weighted by Crippen LogP contribution is -2.39. The summed E-state index contributed by atoms with van der Waals surface area (Å²) in [5.74, 6) is 1.91. The van der Waals surface area contributed by atoms with Gasteiger partial charge in [0, 0.05) is 45.7 Å². The van der Waals surface area contributed by atoms with Crippen molar-refractivity contribution in [3.63, 3.8) is 0 Å². The Morgan fingerprint density at radius 2 is 2.10 bits per heavy atom. The van der Waals surface area contributed by atoms with Crippen LogP contribution in [-0.2, 0) is 11.3 Å². The van der Waals surface area contributed by atoms with Crippen molar-refractivity contribution in [2.24, 2.45) is 4.99 Å². The third-order valence-corrected chi connectivity index (χ3v) is 3.01. The first-order chi connectivity index (χ1) is 9.77. The molecule has 0 saturated carbocycles. The summed E-state index contributed by atoms with van der Waals surface area (Å²) in [6.07, 6.45) is 6.10. The Kier molecular flexibility index (Phi) is 12.4. The Balaban J connectivity index is 0.00000400. The van der Waals surface area contributed by atoms with E-state index in [1.54, 1.807) is 7.05 Å². The van der Waals surface area contributed by atoms with Gasteiger partial charge in [-0.2, -0.15) is 0 Å².